The zero-order chi connectivity index (χ0) is 23.4. The van der Waals surface area contributed by atoms with Crippen LogP contribution in [0, 0.1) is 12.2 Å². The largest absolute Gasteiger partial charge is 4.00 e. The van der Waals surface area contributed by atoms with E-state index in [2.05, 4.69) is 86.7 Å². The van der Waals surface area contributed by atoms with Gasteiger partial charge in [-0.3, -0.25) is 12.2 Å². The average molecular weight is 645 g/mol. The molecule has 2 heterocycles. The van der Waals surface area contributed by atoms with Gasteiger partial charge in [0.2, 0.25) is 0 Å². The number of fused-ring (bicyclic) bond motifs is 2. The Balaban J connectivity index is 0.000000241. The molecule has 2 aliphatic heterocycles. The third-order valence-corrected chi connectivity index (χ3v) is 20.9. The first-order valence-corrected chi connectivity index (χ1v) is 19.5. The molecule has 0 amide bonds. The Morgan fingerprint density at radius 3 is 1.35 bits per heavy atom. The van der Waals surface area contributed by atoms with Crippen molar-refractivity contribution in [3.05, 3.63) is 82.9 Å². The van der Waals surface area contributed by atoms with Gasteiger partial charge in [0.25, 0.3) is 0 Å². The Morgan fingerprint density at radius 1 is 0.649 bits per heavy atom. The van der Waals surface area contributed by atoms with Gasteiger partial charge in [-0.1, -0.05) is 136 Å². The van der Waals surface area contributed by atoms with Crippen LogP contribution in [0.4, 0.5) is 0 Å². The molecule has 4 aliphatic rings. The first kappa shape index (κ1) is 33.0. The maximum atomic E-state index is 3.71. The van der Waals surface area contributed by atoms with Crippen molar-refractivity contribution in [3.63, 3.8) is 0 Å². The van der Waals surface area contributed by atoms with Crippen molar-refractivity contribution >= 4 is 28.3 Å². The van der Waals surface area contributed by atoms with E-state index in [9.17, 15) is 0 Å². The minimum Gasteiger partial charge on any atom is -1.00 e. The molecule has 0 saturated carbocycles. The number of rotatable bonds is 8. The summed E-state index contributed by atoms with van der Waals surface area (Å²) in [7, 11) is -2.05. The quantitative estimate of drug-likeness (QED) is 0.305. The van der Waals surface area contributed by atoms with Gasteiger partial charge in [-0.25, -0.2) is 12.2 Å². The molecule has 0 nitrogen and oxygen atoms in total. The molecule has 2 saturated heterocycles. The molecule has 2 aromatic carbocycles. The molecule has 0 bridgehead atoms. The Labute approximate surface area is 260 Å². The average Bonchev–Trinajstić information content (AvgIpc) is 3.44. The normalized spacial score (nSPS) is 22.4. The number of halogens is 2. The van der Waals surface area contributed by atoms with Gasteiger partial charge in [0.05, 0.1) is 0 Å². The second-order valence-corrected chi connectivity index (χ2v) is 21.0. The Kier molecular flexibility index (Phi) is 13.4. The maximum absolute atomic E-state index is 3.71. The Morgan fingerprint density at radius 2 is 1.03 bits per heavy atom. The molecule has 0 aromatic heterocycles. The van der Waals surface area contributed by atoms with E-state index >= 15 is 0 Å². The first-order chi connectivity index (χ1) is 16.7. The summed E-state index contributed by atoms with van der Waals surface area (Å²) in [6.07, 6.45) is 20.5. The van der Waals surface area contributed by atoms with E-state index in [0.717, 1.165) is 11.1 Å². The third-order valence-electron chi connectivity index (χ3n) is 9.40. The fraction of sp³-hybridized carbons (Fsp3) is 0.500. The van der Waals surface area contributed by atoms with E-state index in [4.69, 9.17) is 0 Å². The summed E-state index contributed by atoms with van der Waals surface area (Å²) in [5, 5.41) is 0. The molecular formula is C32H42Cl2Si2Zr. The molecule has 0 radical (unpaired) electrons. The van der Waals surface area contributed by atoms with E-state index < -0.39 is 16.1 Å². The van der Waals surface area contributed by atoms with Gasteiger partial charge in [0, 0.05) is 16.1 Å². The van der Waals surface area contributed by atoms with Gasteiger partial charge >= 0.3 is 26.2 Å². The molecule has 2 aliphatic carbocycles. The zero-order valence-corrected chi connectivity index (χ0v) is 28.6. The topological polar surface area (TPSA) is 0 Å². The molecule has 2 fully saturated rings. The van der Waals surface area contributed by atoms with Crippen LogP contribution in [0.1, 0.15) is 85.7 Å². The molecule has 5 heteroatoms. The minimum atomic E-state index is -1.02. The molecule has 2 unspecified atom stereocenters. The maximum Gasteiger partial charge on any atom is 4.00 e. The first-order valence-electron chi connectivity index (χ1n) is 14.1. The molecule has 37 heavy (non-hydrogen) atoms. The smallest absolute Gasteiger partial charge is 1.00 e. The second kappa shape index (κ2) is 15.0. The van der Waals surface area contributed by atoms with Crippen LogP contribution in [0.25, 0.3) is 12.2 Å². The fourth-order valence-corrected chi connectivity index (χ4v) is 17.1. The van der Waals surface area contributed by atoms with Crippen LogP contribution in [0.3, 0.4) is 0 Å². The van der Waals surface area contributed by atoms with Crippen LogP contribution in [-0.4, -0.2) is 16.1 Å². The Bertz CT molecular complexity index is 959. The van der Waals surface area contributed by atoms with Gasteiger partial charge < -0.3 is 24.8 Å². The summed E-state index contributed by atoms with van der Waals surface area (Å²) in [4.78, 5) is 0. The van der Waals surface area contributed by atoms with E-state index in [-0.39, 0.29) is 51.0 Å². The van der Waals surface area contributed by atoms with Crippen molar-refractivity contribution in [3.8, 4) is 0 Å². The summed E-state index contributed by atoms with van der Waals surface area (Å²) < 4.78 is 0. The number of unbranched alkanes of at least 4 members (excludes halogenated alkanes) is 2. The van der Waals surface area contributed by atoms with Crippen molar-refractivity contribution in [2.45, 2.75) is 99.7 Å². The van der Waals surface area contributed by atoms with Crippen molar-refractivity contribution in [2.75, 3.05) is 0 Å². The van der Waals surface area contributed by atoms with Crippen LogP contribution in [0.2, 0.25) is 36.3 Å². The summed E-state index contributed by atoms with van der Waals surface area (Å²) in [5.41, 5.74) is 7.50. The fourth-order valence-electron chi connectivity index (χ4n) is 7.04. The van der Waals surface area contributed by atoms with Crippen LogP contribution >= 0.6 is 0 Å². The van der Waals surface area contributed by atoms with Crippen LogP contribution in [0.5, 0.6) is 0 Å². The number of hydrogen-bond donors (Lipinski definition) is 0. The summed E-state index contributed by atoms with van der Waals surface area (Å²) in [6, 6.07) is 27.2. The van der Waals surface area contributed by atoms with Gasteiger partial charge in [-0.2, -0.15) is 11.1 Å². The van der Waals surface area contributed by atoms with E-state index in [1.807, 2.05) is 0 Å². The molecule has 6 rings (SSSR count). The van der Waals surface area contributed by atoms with Gasteiger partial charge in [0.1, 0.15) is 0 Å². The minimum absolute atomic E-state index is 0. The van der Waals surface area contributed by atoms with Gasteiger partial charge in [-0.05, 0) is 0 Å². The summed E-state index contributed by atoms with van der Waals surface area (Å²) in [6.45, 7) is 4.64. The van der Waals surface area contributed by atoms with Gasteiger partial charge in [0.15, 0.2) is 0 Å². The predicted molar refractivity (Wildman–Crippen MR) is 153 cm³/mol. The molecule has 0 N–H and O–H groups in total. The van der Waals surface area contributed by atoms with Gasteiger partial charge in [-0.15, -0.1) is 23.3 Å². The predicted octanol–water partition coefficient (Wildman–Crippen LogP) is 3.59. The molecular weight excluding hydrogens is 603 g/mol. The number of benzene rings is 2. The van der Waals surface area contributed by atoms with Crippen LogP contribution < -0.4 is 24.8 Å². The molecule has 2 aromatic rings. The van der Waals surface area contributed by atoms with Crippen LogP contribution in [-0.2, 0) is 26.2 Å². The van der Waals surface area contributed by atoms with Crippen molar-refractivity contribution in [2.24, 2.45) is 0 Å². The molecule has 2 atom stereocenters. The molecule has 0 spiro atoms. The standard InChI is InChI=1S/2C16H21Si.2ClH.Zr/c2*1-2-3-11-17(12-6-13-17)16-10-9-14-7-4-5-8-15(14)16;;;/h2*4-5,7-9,16H,2-3,6,11-13H2,1H3;2*1H;/q2*-1;;;+4/p-2. The van der Waals surface area contributed by atoms with Crippen LogP contribution in [0.15, 0.2) is 48.5 Å². The third kappa shape index (κ3) is 6.76. The number of hydrogen-bond acceptors (Lipinski definition) is 0. The summed E-state index contributed by atoms with van der Waals surface area (Å²) in [5.74, 6) is 0. The molecule has 196 valence electrons. The van der Waals surface area contributed by atoms with Crippen molar-refractivity contribution < 1.29 is 51.0 Å². The monoisotopic (exact) mass is 642 g/mol. The van der Waals surface area contributed by atoms with E-state index in [1.165, 1.54) is 61.7 Å². The number of allylic oxidation sites excluding steroid dienone is 2. The van der Waals surface area contributed by atoms with Crippen molar-refractivity contribution in [1.29, 1.82) is 0 Å². The second-order valence-electron chi connectivity index (χ2n) is 11.4. The summed E-state index contributed by atoms with van der Waals surface area (Å²) >= 11 is 0. The van der Waals surface area contributed by atoms with E-state index in [1.54, 1.807) is 35.3 Å². The SMILES string of the molecule is CCCC[Si]1(C2[C-]=Cc3ccccc32)CCC1.CCCC[Si]1(C2[C-]=Cc3ccccc32)CCC1.[Cl-].[Cl-].[Zr+4]. The Hall–Kier alpha value is -0.183. The van der Waals surface area contributed by atoms with Crippen molar-refractivity contribution in [1.82, 2.24) is 0 Å². The van der Waals surface area contributed by atoms with E-state index in [0.29, 0.717) is 0 Å². The zero-order valence-electron chi connectivity index (χ0n) is 22.7.